The van der Waals surface area contributed by atoms with E-state index in [4.69, 9.17) is 0 Å². The monoisotopic (exact) mass is 285 g/mol. The SMILES string of the molecule is CNC(CCC(F)(F)F)Cc1nc2ccccc2n1C. The van der Waals surface area contributed by atoms with E-state index in [2.05, 4.69) is 10.3 Å². The Morgan fingerprint density at radius 1 is 1.30 bits per heavy atom. The second kappa shape index (κ2) is 5.83. The van der Waals surface area contributed by atoms with E-state index in [0.29, 0.717) is 6.42 Å². The zero-order valence-corrected chi connectivity index (χ0v) is 11.5. The van der Waals surface area contributed by atoms with Crippen LogP contribution >= 0.6 is 0 Å². The maximum Gasteiger partial charge on any atom is 0.389 e. The molecule has 0 fully saturated rings. The smallest absolute Gasteiger partial charge is 0.331 e. The molecule has 0 bridgehead atoms. The molecule has 3 nitrogen and oxygen atoms in total. The van der Waals surface area contributed by atoms with Gasteiger partial charge in [-0.3, -0.25) is 0 Å². The van der Waals surface area contributed by atoms with Crippen LogP contribution in [0.2, 0.25) is 0 Å². The van der Waals surface area contributed by atoms with Crippen molar-refractivity contribution in [2.45, 2.75) is 31.5 Å². The summed E-state index contributed by atoms with van der Waals surface area (Å²) in [5.74, 6) is 0.799. The van der Waals surface area contributed by atoms with E-state index in [1.54, 1.807) is 7.05 Å². The first-order valence-electron chi connectivity index (χ1n) is 6.55. The predicted molar refractivity (Wildman–Crippen MR) is 72.6 cm³/mol. The quantitative estimate of drug-likeness (QED) is 0.915. The van der Waals surface area contributed by atoms with E-state index in [9.17, 15) is 13.2 Å². The predicted octanol–water partition coefficient (Wildman–Crippen LogP) is 3.05. The third-order valence-corrected chi connectivity index (χ3v) is 3.49. The first-order chi connectivity index (χ1) is 9.40. The molecule has 0 saturated carbocycles. The van der Waals surface area contributed by atoms with Crippen LogP contribution in [0.3, 0.4) is 0 Å². The molecule has 1 heterocycles. The van der Waals surface area contributed by atoms with Gasteiger partial charge in [0.15, 0.2) is 0 Å². The lowest BCUT2D eigenvalue weighted by Crippen LogP contribution is -2.30. The fourth-order valence-electron chi connectivity index (χ4n) is 2.28. The number of likely N-dealkylation sites (N-methyl/N-ethyl adjacent to an activating group) is 1. The molecule has 2 aromatic rings. The number of hydrogen-bond donors (Lipinski definition) is 1. The summed E-state index contributed by atoms with van der Waals surface area (Å²) in [4.78, 5) is 4.49. The number of rotatable bonds is 5. The second-order valence-corrected chi connectivity index (χ2v) is 4.92. The Hall–Kier alpha value is -1.56. The van der Waals surface area contributed by atoms with Crippen LogP contribution < -0.4 is 5.32 Å². The van der Waals surface area contributed by atoms with Crippen molar-refractivity contribution in [2.75, 3.05) is 7.05 Å². The molecule has 1 atom stereocenters. The van der Waals surface area contributed by atoms with Crippen molar-refractivity contribution in [3.05, 3.63) is 30.1 Å². The summed E-state index contributed by atoms with van der Waals surface area (Å²) in [6, 6.07) is 7.46. The van der Waals surface area contributed by atoms with Gasteiger partial charge in [0.05, 0.1) is 11.0 Å². The molecule has 0 spiro atoms. The number of alkyl halides is 3. The van der Waals surface area contributed by atoms with Gasteiger partial charge >= 0.3 is 6.18 Å². The zero-order valence-electron chi connectivity index (χ0n) is 11.5. The molecule has 0 aliphatic carbocycles. The lowest BCUT2D eigenvalue weighted by atomic mass is 10.1. The Labute approximate surface area is 115 Å². The number of aromatic nitrogens is 2. The van der Waals surface area contributed by atoms with Crippen LogP contribution in [0.1, 0.15) is 18.7 Å². The molecule has 0 amide bonds. The van der Waals surface area contributed by atoms with Crippen LogP contribution in [0.4, 0.5) is 13.2 Å². The number of halogens is 3. The maximum absolute atomic E-state index is 12.3. The lowest BCUT2D eigenvalue weighted by molar-refractivity contribution is -0.136. The van der Waals surface area contributed by atoms with Gasteiger partial charge in [0, 0.05) is 25.9 Å². The van der Waals surface area contributed by atoms with E-state index in [0.717, 1.165) is 16.9 Å². The third-order valence-electron chi connectivity index (χ3n) is 3.49. The maximum atomic E-state index is 12.3. The summed E-state index contributed by atoms with van der Waals surface area (Å²) in [6.45, 7) is 0. The molecule has 1 aromatic carbocycles. The second-order valence-electron chi connectivity index (χ2n) is 4.92. The molecule has 1 unspecified atom stereocenters. The van der Waals surface area contributed by atoms with Crippen LogP contribution in [0, 0.1) is 0 Å². The van der Waals surface area contributed by atoms with Gasteiger partial charge in [0.25, 0.3) is 0 Å². The molecule has 2 rings (SSSR count). The van der Waals surface area contributed by atoms with Gasteiger partial charge in [-0.2, -0.15) is 13.2 Å². The fraction of sp³-hybridized carbons (Fsp3) is 0.500. The molecule has 110 valence electrons. The van der Waals surface area contributed by atoms with Gasteiger partial charge in [0.1, 0.15) is 5.82 Å². The molecular formula is C14H18F3N3. The van der Waals surface area contributed by atoms with Crippen molar-refractivity contribution in [2.24, 2.45) is 7.05 Å². The molecule has 1 aromatic heterocycles. The van der Waals surface area contributed by atoms with E-state index in [1.165, 1.54) is 0 Å². The Balaban J connectivity index is 2.11. The van der Waals surface area contributed by atoms with Crippen molar-refractivity contribution in [1.82, 2.24) is 14.9 Å². The van der Waals surface area contributed by atoms with Crippen molar-refractivity contribution in [3.8, 4) is 0 Å². The van der Waals surface area contributed by atoms with Gasteiger partial charge in [-0.1, -0.05) is 12.1 Å². The molecular weight excluding hydrogens is 267 g/mol. The van der Waals surface area contributed by atoms with Crippen LogP contribution in [0.5, 0.6) is 0 Å². The standard InChI is InChI=1S/C14H18F3N3/c1-18-10(7-8-14(15,16)17)9-13-19-11-5-3-4-6-12(11)20(13)2/h3-6,10,18H,7-9H2,1-2H3. The number of benzene rings is 1. The minimum atomic E-state index is -4.11. The number of fused-ring (bicyclic) bond motifs is 1. The summed E-state index contributed by atoms with van der Waals surface area (Å²) < 4.78 is 38.8. The van der Waals surface area contributed by atoms with E-state index >= 15 is 0 Å². The molecule has 0 aliphatic rings. The number of nitrogens with zero attached hydrogens (tertiary/aromatic N) is 2. The van der Waals surface area contributed by atoms with Crippen molar-refractivity contribution >= 4 is 11.0 Å². The molecule has 6 heteroatoms. The summed E-state index contributed by atoms with van der Waals surface area (Å²) >= 11 is 0. The number of aryl methyl sites for hydroxylation is 1. The first-order valence-corrected chi connectivity index (χ1v) is 6.55. The van der Waals surface area contributed by atoms with Gasteiger partial charge in [-0.25, -0.2) is 4.98 Å². The van der Waals surface area contributed by atoms with Crippen LogP contribution in [-0.2, 0) is 13.5 Å². The van der Waals surface area contributed by atoms with E-state index in [1.807, 2.05) is 35.9 Å². The largest absolute Gasteiger partial charge is 0.389 e. The highest BCUT2D eigenvalue weighted by Crippen LogP contribution is 2.23. The van der Waals surface area contributed by atoms with Crippen molar-refractivity contribution in [1.29, 1.82) is 0 Å². The van der Waals surface area contributed by atoms with Crippen LogP contribution in [-0.4, -0.2) is 28.8 Å². The minimum Gasteiger partial charge on any atom is -0.331 e. The summed E-state index contributed by atoms with van der Waals surface area (Å²) in [5.41, 5.74) is 1.86. The Bertz CT molecular complexity index is 575. The fourth-order valence-corrected chi connectivity index (χ4v) is 2.28. The Kier molecular flexibility index (Phi) is 4.32. The lowest BCUT2D eigenvalue weighted by Gasteiger charge is -2.16. The summed E-state index contributed by atoms with van der Waals surface area (Å²) in [5, 5.41) is 2.94. The first kappa shape index (κ1) is 14.8. The Morgan fingerprint density at radius 3 is 2.60 bits per heavy atom. The number of para-hydroxylation sites is 2. The summed E-state index contributed by atoms with van der Waals surface area (Å²) in [7, 11) is 3.57. The number of hydrogen-bond acceptors (Lipinski definition) is 2. The summed E-state index contributed by atoms with van der Waals surface area (Å²) in [6.07, 6.45) is -4.34. The van der Waals surface area contributed by atoms with Gasteiger partial charge in [-0.15, -0.1) is 0 Å². The van der Waals surface area contributed by atoms with Crippen molar-refractivity contribution in [3.63, 3.8) is 0 Å². The van der Waals surface area contributed by atoms with E-state index in [-0.39, 0.29) is 12.5 Å². The average molecular weight is 285 g/mol. The molecule has 0 saturated heterocycles. The van der Waals surface area contributed by atoms with Gasteiger partial charge < -0.3 is 9.88 Å². The number of imidazole rings is 1. The zero-order chi connectivity index (χ0) is 14.8. The molecule has 1 N–H and O–H groups in total. The van der Waals surface area contributed by atoms with Crippen LogP contribution in [0.25, 0.3) is 11.0 Å². The number of nitrogens with one attached hydrogen (secondary N) is 1. The van der Waals surface area contributed by atoms with E-state index < -0.39 is 12.6 Å². The van der Waals surface area contributed by atoms with Gasteiger partial charge in [-0.05, 0) is 25.6 Å². The topological polar surface area (TPSA) is 29.9 Å². The highest BCUT2D eigenvalue weighted by molar-refractivity contribution is 5.75. The third kappa shape index (κ3) is 3.50. The van der Waals surface area contributed by atoms with Crippen LogP contribution in [0.15, 0.2) is 24.3 Å². The van der Waals surface area contributed by atoms with Gasteiger partial charge in [0.2, 0.25) is 0 Å². The molecule has 0 radical (unpaired) electrons. The highest BCUT2D eigenvalue weighted by atomic mass is 19.4. The minimum absolute atomic E-state index is 0.0587. The molecule has 0 aliphatic heterocycles. The van der Waals surface area contributed by atoms with Crippen molar-refractivity contribution < 1.29 is 13.2 Å². The normalized spacial score (nSPS) is 13.8. The Morgan fingerprint density at radius 2 is 2.00 bits per heavy atom. The highest BCUT2D eigenvalue weighted by Gasteiger charge is 2.28. The molecule has 20 heavy (non-hydrogen) atoms. The average Bonchev–Trinajstić information content (AvgIpc) is 2.71.